The zero-order chi connectivity index (χ0) is 14.7. The maximum atomic E-state index is 12.0. The lowest BCUT2D eigenvalue weighted by Gasteiger charge is -2.04. The number of phenolic OH excluding ortho intramolecular Hbond substituents is 1. The first-order valence-electron chi connectivity index (χ1n) is 6.25. The summed E-state index contributed by atoms with van der Waals surface area (Å²) in [6.07, 6.45) is 3.34. The lowest BCUT2D eigenvalue weighted by molar-refractivity contribution is 0.104. The molecule has 2 rings (SSSR count). The highest BCUT2D eigenvalue weighted by molar-refractivity contribution is 14.1. The van der Waals surface area contributed by atoms with E-state index in [9.17, 15) is 9.90 Å². The van der Waals surface area contributed by atoms with Crippen LogP contribution in [0.4, 0.5) is 0 Å². The molecule has 0 aliphatic rings. The number of rotatable bonds is 3. The van der Waals surface area contributed by atoms with E-state index in [0.717, 1.165) is 20.3 Å². The van der Waals surface area contributed by atoms with E-state index >= 15 is 0 Å². The maximum absolute atomic E-state index is 12.0. The standard InChI is InChI=1S/C17H15IO2/c1-11-9-13(10-12(2)17(11)20)3-8-16(19)14-4-6-15(18)7-5-14/h3-10,20H,1-2H3/b8-3+. The van der Waals surface area contributed by atoms with E-state index in [0.29, 0.717) is 11.3 Å². The van der Waals surface area contributed by atoms with Crippen LogP contribution in [0.2, 0.25) is 0 Å². The van der Waals surface area contributed by atoms with Crippen molar-refractivity contribution in [1.29, 1.82) is 0 Å². The van der Waals surface area contributed by atoms with Crippen molar-refractivity contribution in [3.05, 3.63) is 68.3 Å². The van der Waals surface area contributed by atoms with Crippen molar-refractivity contribution in [2.75, 3.05) is 0 Å². The van der Waals surface area contributed by atoms with Crippen molar-refractivity contribution in [3.63, 3.8) is 0 Å². The zero-order valence-corrected chi connectivity index (χ0v) is 13.5. The smallest absolute Gasteiger partial charge is 0.185 e. The van der Waals surface area contributed by atoms with Crippen LogP contribution in [-0.4, -0.2) is 10.9 Å². The summed E-state index contributed by atoms with van der Waals surface area (Å²) in [7, 11) is 0. The second kappa shape index (κ2) is 6.22. The fraction of sp³-hybridized carbons (Fsp3) is 0.118. The van der Waals surface area contributed by atoms with Gasteiger partial charge in [0.15, 0.2) is 5.78 Å². The molecule has 0 unspecified atom stereocenters. The van der Waals surface area contributed by atoms with Crippen LogP contribution in [0.3, 0.4) is 0 Å². The van der Waals surface area contributed by atoms with Crippen LogP contribution in [0.25, 0.3) is 6.08 Å². The largest absolute Gasteiger partial charge is 0.507 e. The SMILES string of the molecule is Cc1cc(/C=C/C(=O)c2ccc(I)cc2)cc(C)c1O. The van der Waals surface area contributed by atoms with Gasteiger partial charge in [-0.05, 0) is 83.5 Å². The molecule has 0 saturated carbocycles. The minimum absolute atomic E-state index is 0.0234. The van der Waals surface area contributed by atoms with Gasteiger partial charge in [-0.3, -0.25) is 4.79 Å². The van der Waals surface area contributed by atoms with Gasteiger partial charge < -0.3 is 5.11 Å². The second-order valence-electron chi connectivity index (χ2n) is 4.71. The van der Waals surface area contributed by atoms with E-state index in [1.165, 1.54) is 0 Å². The number of carbonyl (C=O) groups excluding carboxylic acids is 1. The lowest BCUT2D eigenvalue weighted by Crippen LogP contribution is -1.93. The Labute approximate surface area is 132 Å². The van der Waals surface area contributed by atoms with Crippen LogP contribution < -0.4 is 0 Å². The van der Waals surface area contributed by atoms with Gasteiger partial charge in [0.05, 0.1) is 0 Å². The summed E-state index contributed by atoms with van der Waals surface area (Å²) in [6.45, 7) is 3.70. The number of benzene rings is 2. The number of halogens is 1. The predicted molar refractivity (Wildman–Crippen MR) is 90.1 cm³/mol. The Morgan fingerprint density at radius 2 is 1.65 bits per heavy atom. The molecule has 0 spiro atoms. The summed E-state index contributed by atoms with van der Waals surface area (Å²) >= 11 is 2.21. The molecule has 2 nitrogen and oxygen atoms in total. The molecule has 0 amide bonds. The number of ketones is 1. The third-order valence-corrected chi connectivity index (χ3v) is 3.79. The van der Waals surface area contributed by atoms with E-state index in [4.69, 9.17) is 0 Å². The Morgan fingerprint density at radius 3 is 2.20 bits per heavy atom. The van der Waals surface area contributed by atoms with Gasteiger partial charge in [0, 0.05) is 9.13 Å². The van der Waals surface area contributed by atoms with Crippen molar-refractivity contribution in [2.45, 2.75) is 13.8 Å². The maximum Gasteiger partial charge on any atom is 0.185 e. The highest BCUT2D eigenvalue weighted by Gasteiger charge is 2.03. The van der Waals surface area contributed by atoms with Gasteiger partial charge in [-0.25, -0.2) is 0 Å². The molecule has 3 heteroatoms. The van der Waals surface area contributed by atoms with E-state index < -0.39 is 0 Å². The minimum atomic E-state index is -0.0234. The summed E-state index contributed by atoms with van der Waals surface area (Å²) in [5.74, 6) is 0.288. The van der Waals surface area contributed by atoms with E-state index in [2.05, 4.69) is 22.6 Å². The van der Waals surface area contributed by atoms with Gasteiger partial charge in [0.25, 0.3) is 0 Å². The highest BCUT2D eigenvalue weighted by atomic mass is 127. The first-order chi connectivity index (χ1) is 9.47. The predicted octanol–water partition coefficient (Wildman–Crippen LogP) is 4.51. The Morgan fingerprint density at radius 1 is 1.10 bits per heavy atom. The summed E-state index contributed by atoms with van der Waals surface area (Å²) in [5.41, 5.74) is 3.21. The monoisotopic (exact) mass is 378 g/mol. The van der Waals surface area contributed by atoms with Gasteiger partial charge in [0.1, 0.15) is 5.75 Å². The number of hydrogen-bond acceptors (Lipinski definition) is 2. The first kappa shape index (κ1) is 14.8. The molecule has 0 saturated heterocycles. The molecule has 2 aromatic rings. The van der Waals surface area contributed by atoms with Gasteiger partial charge in [-0.1, -0.05) is 18.2 Å². The summed E-state index contributed by atoms with van der Waals surface area (Å²) in [5, 5.41) is 9.72. The number of hydrogen-bond donors (Lipinski definition) is 1. The summed E-state index contributed by atoms with van der Waals surface area (Å²) < 4.78 is 1.10. The van der Waals surface area contributed by atoms with Gasteiger partial charge >= 0.3 is 0 Å². The number of aryl methyl sites for hydroxylation is 2. The molecular formula is C17H15IO2. The van der Waals surface area contributed by atoms with Crippen LogP contribution in [0.5, 0.6) is 5.75 Å². The van der Waals surface area contributed by atoms with Crippen molar-refractivity contribution in [3.8, 4) is 5.75 Å². The van der Waals surface area contributed by atoms with E-state index in [1.807, 2.05) is 50.2 Å². The Balaban J connectivity index is 2.21. The van der Waals surface area contributed by atoms with Crippen LogP contribution in [0.15, 0.2) is 42.5 Å². The van der Waals surface area contributed by atoms with Crippen molar-refractivity contribution < 1.29 is 9.90 Å². The number of aromatic hydroxyl groups is 1. The molecule has 1 N–H and O–H groups in total. The van der Waals surface area contributed by atoms with Gasteiger partial charge in [-0.2, -0.15) is 0 Å². The molecule has 20 heavy (non-hydrogen) atoms. The fourth-order valence-electron chi connectivity index (χ4n) is 1.97. The Bertz CT molecular complexity index is 647. The van der Waals surface area contributed by atoms with Crippen LogP contribution in [-0.2, 0) is 0 Å². The van der Waals surface area contributed by atoms with Crippen LogP contribution in [0, 0.1) is 17.4 Å². The normalized spacial score (nSPS) is 10.9. The molecule has 0 aromatic heterocycles. The molecule has 0 radical (unpaired) electrons. The fourth-order valence-corrected chi connectivity index (χ4v) is 2.33. The summed E-state index contributed by atoms with van der Waals surface area (Å²) in [4.78, 5) is 12.0. The van der Waals surface area contributed by atoms with Crippen molar-refractivity contribution in [1.82, 2.24) is 0 Å². The summed E-state index contributed by atoms with van der Waals surface area (Å²) in [6, 6.07) is 11.2. The molecule has 0 fully saturated rings. The van der Waals surface area contributed by atoms with Crippen molar-refractivity contribution in [2.24, 2.45) is 0 Å². The Kier molecular flexibility index (Phi) is 4.60. The first-order valence-corrected chi connectivity index (χ1v) is 7.33. The topological polar surface area (TPSA) is 37.3 Å². The third kappa shape index (κ3) is 3.48. The molecule has 0 atom stereocenters. The van der Waals surface area contributed by atoms with E-state index in [-0.39, 0.29) is 5.78 Å². The zero-order valence-electron chi connectivity index (χ0n) is 11.4. The average molecular weight is 378 g/mol. The number of allylic oxidation sites excluding steroid dienone is 1. The quantitative estimate of drug-likeness (QED) is 0.485. The molecule has 0 heterocycles. The third-order valence-electron chi connectivity index (χ3n) is 3.07. The lowest BCUT2D eigenvalue weighted by atomic mass is 10.0. The molecule has 0 aliphatic carbocycles. The van der Waals surface area contributed by atoms with Crippen LogP contribution in [0.1, 0.15) is 27.0 Å². The number of carbonyl (C=O) groups is 1. The Hall–Kier alpha value is -1.62. The second-order valence-corrected chi connectivity index (χ2v) is 5.95. The highest BCUT2D eigenvalue weighted by Crippen LogP contribution is 2.23. The van der Waals surface area contributed by atoms with Gasteiger partial charge in [-0.15, -0.1) is 0 Å². The number of phenols is 1. The minimum Gasteiger partial charge on any atom is -0.507 e. The average Bonchev–Trinajstić information content (AvgIpc) is 2.42. The molecule has 0 bridgehead atoms. The molecular weight excluding hydrogens is 363 g/mol. The van der Waals surface area contributed by atoms with Crippen molar-refractivity contribution >= 4 is 34.5 Å². The molecule has 102 valence electrons. The molecule has 0 aliphatic heterocycles. The van der Waals surface area contributed by atoms with E-state index in [1.54, 1.807) is 12.2 Å². The molecule has 2 aromatic carbocycles. The van der Waals surface area contributed by atoms with Gasteiger partial charge in [0.2, 0.25) is 0 Å². The van der Waals surface area contributed by atoms with Crippen LogP contribution >= 0.6 is 22.6 Å².